The van der Waals surface area contributed by atoms with Gasteiger partial charge in [0.05, 0.1) is 13.0 Å². The maximum Gasteiger partial charge on any atom is 0.224 e. The van der Waals surface area contributed by atoms with Crippen molar-refractivity contribution in [1.29, 1.82) is 0 Å². The van der Waals surface area contributed by atoms with Gasteiger partial charge in [-0.15, -0.1) is 0 Å². The van der Waals surface area contributed by atoms with Crippen LogP contribution in [0, 0.1) is 6.92 Å². The number of aryl methyl sites for hydroxylation is 1. The molecular weight excluding hydrogens is 288 g/mol. The maximum atomic E-state index is 12.0. The summed E-state index contributed by atoms with van der Waals surface area (Å²) < 4.78 is 5.64. The molecule has 0 saturated carbocycles. The predicted molar refractivity (Wildman–Crippen MR) is 88.7 cm³/mol. The second kappa shape index (κ2) is 6.92. The quantitative estimate of drug-likeness (QED) is 0.785. The average Bonchev–Trinajstić information content (AvgIpc) is 2.96. The highest BCUT2D eigenvalue weighted by molar-refractivity contribution is 5.78. The number of carbonyl (C=O) groups is 1. The number of aromatic nitrogens is 1. The minimum atomic E-state index is -0.0479. The average molecular weight is 306 g/mol. The van der Waals surface area contributed by atoms with Crippen LogP contribution in [0.25, 0.3) is 11.3 Å². The Labute approximate surface area is 135 Å². The molecule has 0 unspecified atom stereocenters. The monoisotopic (exact) mass is 306 g/mol. The largest absolute Gasteiger partial charge is 0.443 e. The van der Waals surface area contributed by atoms with Crippen LogP contribution in [0.5, 0.6) is 0 Å². The van der Waals surface area contributed by atoms with E-state index < -0.39 is 0 Å². The molecule has 4 heteroatoms. The molecule has 2 aromatic carbocycles. The molecule has 0 aliphatic rings. The fourth-order valence-electron chi connectivity index (χ4n) is 2.41. The summed E-state index contributed by atoms with van der Waals surface area (Å²) >= 11 is 0. The van der Waals surface area contributed by atoms with Gasteiger partial charge < -0.3 is 9.73 Å². The zero-order valence-electron chi connectivity index (χ0n) is 13.0. The molecule has 0 aliphatic heterocycles. The Morgan fingerprint density at radius 3 is 2.39 bits per heavy atom. The van der Waals surface area contributed by atoms with Crippen LogP contribution in [0.4, 0.5) is 0 Å². The van der Waals surface area contributed by atoms with Gasteiger partial charge in [0.1, 0.15) is 11.5 Å². The molecule has 1 aromatic heterocycles. The molecule has 0 bridgehead atoms. The molecule has 0 radical (unpaired) electrons. The Morgan fingerprint density at radius 2 is 1.70 bits per heavy atom. The summed E-state index contributed by atoms with van der Waals surface area (Å²) in [6.07, 6.45) is 0.353. The van der Waals surface area contributed by atoms with Crippen LogP contribution in [-0.4, -0.2) is 10.9 Å². The molecule has 3 rings (SSSR count). The van der Waals surface area contributed by atoms with Crippen LogP contribution in [0.1, 0.15) is 17.2 Å². The van der Waals surface area contributed by atoms with Gasteiger partial charge in [0.2, 0.25) is 11.8 Å². The number of benzene rings is 2. The van der Waals surface area contributed by atoms with Crippen LogP contribution in [0.2, 0.25) is 0 Å². The summed E-state index contributed by atoms with van der Waals surface area (Å²) in [4.78, 5) is 16.4. The topological polar surface area (TPSA) is 55.1 Å². The fraction of sp³-hybridized carbons (Fsp3) is 0.158. The summed E-state index contributed by atoms with van der Waals surface area (Å²) in [5.41, 5.74) is 2.81. The summed E-state index contributed by atoms with van der Waals surface area (Å²) in [5.74, 6) is 1.22. The van der Waals surface area contributed by atoms with E-state index in [0.717, 1.165) is 22.6 Å². The van der Waals surface area contributed by atoms with Crippen molar-refractivity contribution in [3.8, 4) is 11.3 Å². The molecule has 0 fully saturated rings. The third-order valence-electron chi connectivity index (χ3n) is 3.53. The SMILES string of the molecule is Cc1oc(CNC(=O)Cc2ccccc2)nc1-c1ccccc1. The van der Waals surface area contributed by atoms with E-state index >= 15 is 0 Å². The smallest absolute Gasteiger partial charge is 0.224 e. The first-order chi connectivity index (χ1) is 11.2. The highest BCUT2D eigenvalue weighted by atomic mass is 16.4. The third-order valence-corrected chi connectivity index (χ3v) is 3.53. The molecule has 4 nitrogen and oxygen atoms in total. The van der Waals surface area contributed by atoms with E-state index in [9.17, 15) is 4.79 Å². The lowest BCUT2D eigenvalue weighted by Gasteiger charge is -2.02. The number of hydrogen-bond acceptors (Lipinski definition) is 3. The van der Waals surface area contributed by atoms with Crippen LogP contribution in [-0.2, 0) is 17.8 Å². The number of nitrogens with zero attached hydrogens (tertiary/aromatic N) is 1. The van der Waals surface area contributed by atoms with Crippen molar-refractivity contribution in [2.75, 3.05) is 0 Å². The van der Waals surface area contributed by atoms with Crippen molar-refractivity contribution in [1.82, 2.24) is 10.3 Å². The Bertz CT molecular complexity index is 780. The number of oxazole rings is 1. The third kappa shape index (κ3) is 3.86. The van der Waals surface area contributed by atoms with E-state index in [-0.39, 0.29) is 5.91 Å². The first kappa shape index (κ1) is 15.0. The van der Waals surface area contributed by atoms with E-state index in [2.05, 4.69) is 10.3 Å². The highest BCUT2D eigenvalue weighted by Crippen LogP contribution is 2.22. The minimum Gasteiger partial charge on any atom is -0.443 e. The fourth-order valence-corrected chi connectivity index (χ4v) is 2.41. The Balaban J connectivity index is 1.62. The van der Waals surface area contributed by atoms with Gasteiger partial charge in [-0.25, -0.2) is 4.98 Å². The molecule has 0 aliphatic carbocycles. The van der Waals surface area contributed by atoms with Crippen molar-refractivity contribution in [2.24, 2.45) is 0 Å². The molecule has 3 aromatic rings. The molecular formula is C19H18N2O2. The summed E-state index contributed by atoms with van der Waals surface area (Å²) in [6.45, 7) is 2.17. The lowest BCUT2D eigenvalue weighted by atomic mass is 10.1. The van der Waals surface area contributed by atoms with E-state index in [4.69, 9.17) is 4.42 Å². The molecule has 1 heterocycles. The van der Waals surface area contributed by atoms with Crippen molar-refractivity contribution in [3.63, 3.8) is 0 Å². The maximum absolute atomic E-state index is 12.0. The van der Waals surface area contributed by atoms with Gasteiger partial charge in [0.15, 0.2) is 0 Å². The van der Waals surface area contributed by atoms with E-state index in [1.807, 2.05) is 67.6 Å². The minimum absolute atomic E-state index is 0.0479. The van der Waals surface area contributed by atoms with Gasteiger partial charge in [-0.1, -0.05) is 60.7 Å². The second-order valence-corrected chi connectivity index (χ2v) is 5.32. The number of carbonyl (C=O) groups excluding carboxylic acids is 1. The van der Waals surface area contributed by atoms with Crippen LogP contribution < -0.4 is 5.32 Å². The normalized spacial score (nSPS) is 10.5. The summed E-state index contributed by atoms with van der Waals surface area (Å²) in [7, 11) is 0. The van der Waals surface area contributed by atoms with Gasteiger partial charge in [-0.05, 0) is 12.5 Å². The van der Waals surface area contributed by atoms with Gasteiger partial charge in [0, 0.05) is 5.56 Å². The van der Waals surface area contributed by atoms with Crippen LogP contribution in [0.3, 0.4) is 0 Å². The highest BCUT2D eigenvalue weighted by Gasteiger charge is 2.12. The molecule has 1 N–H and O–H groups in total. The first-order valence-electron chi connectivity index (χ1n) is 7.55. The van der Waals surface area contributed by atoms with Crippen molar-refractivity contribution >= 4 is 5.91 Å². The molecule has 0 spiro atoms. The Kier molecular flexibility index (Phi) is 4.52. The molecule has 116 valence electrons. The standard InChI is InChI=1S/C19H18N2O2/c1-14-19(16-10-6-3-7-11-16)21-18(23-14)13-20-17(22)12-15-8-4-2-5-9-15/h2-11H,12-13H2,1H3,(H,20,22). The van der Waals surface area contributed by atoms with Gasteiger partial charge in [-0.2, -0.15) is 0 Å². The van der Waals surface area contributed by atoms with Crippen molar-refractivity contribution in [2.45, 2.75) is 19.9 Å². The van der Waals surface area contributed by atoms with Crippen molar-refractivity contribution < 1.29 is 9.21 Å². The number of nitrogens with one attached hydrogen (secondary N) is 1. The zero-order chi connectivity index (χ0) is 16.1. The molecule has 23 heavy (non-hydrogen) atoms. The second-order valence-electron chi connectivity index (χ2n) is 5.32. The summed E-state index contributed by atoms with van der Waals surface area (Å²) in [5, 5.41) is 2.84. The van der Waals surface area contributed by atoms with E-state index in [0.29, 0.717) is 18.9 Å². The van der Waals surface area contributed by atoms with Crippen LogP contribution >= 0.6 is 0 Å². The predicted octanol–water partition coefficient (Wildman–Crippen LogP) is 3.51. The van der Waals surface area contributed by atoms with Gasteiger partial charge >= 0.3 is 0 Å². The number of rotatable bonds is 5. The zero-order valence-corrected chi connectivity index (χ0v) is 13.0. The van der Waals surface area contributed by atoms with Crippen molar-refractivity contribution in [3.05, 3.63) is 77.9 Å². The number of hydrogen-bond donors (Lipinski definition) is 1. The molecule has 0 atom stereocenters. The van der Waals surface area contributed by atoms with Gasteiger partial charge in [-0.3, -0.25) is 4.79 Å². The van der Waals surface area contributed by atoms with Gasteiger partial charge in [0.25, 0.3) is 0 Å². The molecule has 0 saturated heterocycles. The number of amides is 1. The summed E-state index contributed by atoms with van der Waals surface area (Å²) in [6, 6.07) is 19.5. The van der Waals surface area contributed by atoms with Crippen LogP contribution in [0.15, 0.2) is 65.1 Å². The van der Waals surface area contributed by atoms with E-state index in [1.54, 1.807) is 0 Å². The first-order valence-corrected chi connectivity index (χ1v) is 7.55. The Morgan fingerprint density at radius 1 is 1.04 bits per heavy atom. The van der Waals surface area contributed by atoms with E-state index in [1.165, 1.54) is 0 Å². The lowest BCUT2D eigenvalue weighted by molar-refractivity contribution is -0.120. The Hall–Kier alpha value is -2.88. The molecule has 1 amide bonds. The lowest BCUT2D eigenvalue weighted by Crippen LogP contribution is -2.24.